The molecule has 2 N–H and O–H groups in total. The molecule has 0 aliphatic rings. The van der Waals surface area contributed by atoms with E-state index in [1.165, 1.54) is 23.6 Å². The highest BCUT2D eigenvalue weighted by Gasteiger charge is 2.10. The molecular weight excluding hydrogens is 222 g/mol. The third-order valence-electron chi connectivity index (χ3n) is 1.67. The van der Waals surface area contributed by atoms with Crippen LogP contribution in [0.5, 0.6) is 0 Å². The van der Waals surface area contributed by atoms with Crippen LogP contribution in [-0.4, -0.2) is 24.6 Å². The van der Waals surface area contributed by atoms with E-state index in [2.05, 4.69) is 9.97 Å². The van der Waals surface area contributed by atoms with Crippen LogP contribution in [-0.2, 0) is 9.84 Å². The molecule has 0 aliphatic heterocycles. The van der Waals surface area contributed by atoms with Crippen LogP contribution in [0, 0.1) is 0 Å². The molecule has 2 rings (SSSR count). The molecule has 0 fully saturated rings. The first kappa shape index (κ1) is 9.35. The molecule has 14 heavy (non-hydrogen) atoms. The standard InChI is InChI=1S/C7H7N3O2S2/c1-14(11,12)4-2-5-6(9-3-4)13-7(8)10-5/h2-3H,1H3,(H2,8,10). The van der Waals surface area contributed by atoms with Gasteiger partial charge in [0.05, 0.1) is 4.90 Å². The summed E-state index contributed by atoms with van der Waals surface area (Å²) in [5, 5.41) is 0.387. The molecule has 2 aromatic rings. The molecule has 2 aromatic heterocycles. The zero-order valence-corrected chi connectivity index (χ0v) is 8.89. The van der Waals surface area contributed by atoms with Crippen LogP contribution in [0.4, 0.5) is 5.13 Å². The highest BCUT2D eigenvalue weighted by Crippen LogP contribution is 2.23. The molecule has 0 radical (unpaired) electrons. The topological polar surface area (TPSA) is 85.9 Å². The summed E-state index contributed by atoms with van der Waals surface area (Å²) in [6, 6.07) is 1.48. The van der Waals surface area contributed by atoms with Crippen molar-refractivity contribution in [2.45, 2.75) is 4.90 Å². The van der Waals surface area contributed by atoms with Gasteiger partial charge in [0.1, 0.15) is 10.3 Å². The molecular formula is C7H7N3O2S2. The van der Waals surface area contributed by atoms with Gasteiger partial charge < -0.3 is 5.73 Å². The Morgan fingerprint density at radius 2 is 2.21 bits per heavy atom. The van der Waals surface area contributed by atoms with Gasteiger partial charge in [0.2, 0.25) is 0 Å². The minimum Gasteiger partial charge on any atom is -0.375 e. The van der Waals surface area contributed by atoms with Gasteiger partial charge in [-0.3, -0.25) is 0 Å². The predicted molar refractivity (Wildman–Crippen MR) is 54.9 cm³/mol. The van der Waals surface area contributed by atoms with Gasteiger partial charge >= 0.3 is 0 Å². The molecule has 5 nitrogen and oxygen atoms in total. The number of nitrogen functional groups attached to an aromatic ring is 1. The number of nitrogens with two attached hydrogens (primary N) is 1. The molecule has 0 spiro atoms. The Labute approximate surface area is 84.5 Å². The van der Waals surface area contributed by atoms with E-state index in [1.807, 2.05) is 0 Å². The van der Waals surface area contributed by atoms with Gasteiger partial charge in [0.25, 0.3) is 0 Å². The van der Waals surface area contributed by atoms with Crippen molar-refractivity contribution >= 4 is 36.7 Å². The van der Waals surface area contributed by atoms with Crippen molar-refractivity contribution in [2.24, 2.45) is 0 Å². The fourth-order valence-electron chi connectivity index (χ4n) is 1.02. The largest absolute Gasteiger partial charge is 0.375 e. The Morgan fingerprint density at radius 3 is 2.86 bits per heavy atom. The van der Waals surface area contributed by atoms with Gasteiger partial charge in [-0.25, -0.2) is 18.4 Å². The van der Waals surface area contributed by atoms with E-state index in [1.54, 1.807) is 0 Å². The van der Waals surface area contributed by atoms with E-state index >= 15 is 0 Å². The van der Waals surface area contributed by atoms with E-state index in [-0.39, 0.29) is 4.90 Å². The first-order valence-electron chi connectivity index (χ1n) is 3.69. The van der Waals surface area contributed by atoms with E-state index in [9.17, 15) is 8.42 Å². The van der Waals surface area contributed by atoms with Crippen LogP contribution in [0.25, 0.3) is 10.3 Å². The third kappa shape index (κ3) is 1.55. The molecule has 2 heterocycles. The number of fused-ring (bicyclic) bond motifs is 1. The fourth-order valence-corrected chi connectivity index (χ4v) is 2.25. The number of rotatable bonds is 1. The summed E-state index contributed by atoms with van der Waals surface area (Å²) in [4.78, 5) is 8.73. The maximum Gasteiger partial charge on any atom is 0.182 e. The van der Waals surface area contributed by atoms with Crippen molar-refractivity contribution < 1.29 is 8.42 Å². The van der Waals surface area contributed by atoms with Crippen LogP contribution in [0.1, 0.15) is 0 Å². The van der Waals surface area contributed by atoms with Crippen LogP contribution in [0.2, 0.25) is 0 Å². The summed E-state index contributed by atoms with van der Waals surface area (Å²) in [5.41, 5.74) is 5.99. The number of pyridine rings is 1. The fraction of sp³-hybridized carbons (Fsp3) is 0.143. The number of nitrogens with zero attached hydrogens (tertiary/aromatic N) is 2. The van der Waals surface area contributed by atoms with E-state index < -0.39 is 9.84 Å². The number of sulfone groups is 1. The molecule has 0 unspecified atom stereocenters. The first-order chi connectivity index (χ1) is 6.47. The van der Waals surface area contributed by atoms with Crippen molar-refractivity contribution in [1.29, 1.82) is 0 Å². The smallest absolute Gasteiger partial charge is 0.182 e. The molecule has 0 amide bonds. The average molecular weight is 229 g/mol. The summed E-state index contributed by atoms with van der Waals surface area (Å²) in [5.74, 6) is 0. The lowest BCUT2D eigenvalue weighted by Gasteiger charge is -1.95. The second-order valence-corrected chi connectivity index (χ2v) is 5.84. The van der Waals surface area contributed by atoms with Gasteiger partial charge in [-0.1, -0.05) is 11.3 Å². The zero-order chi connectivity index (χ0) is 10.3. The zero-order valence-electron chi connectivity index (χ0n) is 7.26. The van der Waals surface area contributed by atoms with Gasteiger partial charge in [-0.05, 0) is 6.07 Å². The monoisotopic (exact) mass is 229 g/mol. The summed E-state index contributed by atoms with van der Waals surface area (Å²) in [6.45, 7) is 0. The molecule has 7 heteroatoms. The van der Waals surface area contributed by atoms with Crippen LogP contribution < -0.4 is 5.73 Å². The van der Waals surface area contributed by atoms with Crippen LogP contribution >= 0.6 is 11.3 Å². The average Bonchev–Trinajstić information content (AvgIpc) is 2.41. The summed E-state index contributed by atoms with van der Waals surface area (Å²) >= 11 is 1.23. The molecule has 74 valence electrons. The van der Waals surface area contributed by atoms with E-state index in [0.717, 1.165) is 6.26 Å². The lowest BCUT2D eigenvalue weighted by molar-refractivity contribution is 0.601. The summed E-state index contributed by atoms with van der Waals surface area (Å²) in [6.07, 6.45) is 2.45. The lowest BCUT2D eigenvalue weighted by Crippen LogP contribution is -1.97. The van der Waals surface area contributed by atoms with Crippen LogP contribution in [0.3, 0.4) is 0 Å². The Bertz CT molecular complexity index is 588. The van der Waals surface area contributed by atoms with Gasteiger partial charge in [-0.15, -0.1) is 0 Å². The van der Waals surface area contributed by atoms with E-state index in [0.29, 0.717) is 15.5 Å². The number of anilines is 1. The minimum absolute atomic E-state index is 0.162. The SMILES string of the molecule is CS(=O)(=O)c1cnc2sc(N)nc2c1. The van der Waals surface area contributed by atoms with Gasteiger partial charge in [-0.2, -0.15) is 0 Å². The molecule has 0 aromatic carbocycles. The van der Waals surface area contributed by atoms with Crippen molar-refractivity contribution in [3.63, 3.8) is 0 Å². The Kier molecular flexibility index (Phi) is 1.93. The quantitative estimate of drug-likeness (QED) is 0.777. The van der Waals surface area contributed by atoms with Crippen molar-refractivity contribution in [3.8, 4) is 0 Å². The Morgan fingerprint density at radius 1 is 1.50 bits per heavy atom. The Balaban J connectivity index is 2.74. The number of hydrogen-bond acceptors (Lipinski definition) is 6. The van der Waals surface area contributed by atoms with E-state index in [4.69, 9.17) is 5.73 Å². The number of thiazole rings is 1. The van der Waals surface area contributed by atoms with Gasteiger partial charge in [0, 0.05) is 12.5 Å². The maximum atomic E-state index is 11.2. The molecule has 0 saturated carbocycles. The highest BCUT2D eigenvalue weighted by molar-refractivity contribution is 7.90. The summed E-state index contributed by atoms with van der Waals surface area (Å²) in [7, 11) is -3.22. The van der Waals surface area contributed by atoms with Gasteiger partial charge in [0.15, 0.2) is 15.0 Å². The summed E-state index contributed by atoms with van der Waals surface area (Å²) < 4.78 is 22.4. The minimum atomic E-state index is -3.22. The number of hydrogen-bond donors (Lipinski definition) is 1. The maximum absolute atomic E-state index is 11.2. The predicted octanol–water partition coefficient (Wildman–Crippen LogP) is 0.677. The highest BCUT2D eigenvalue weighted by atomic mass is 32.2. The third-order valence-corrected chi connectivity index (χ3v) is 3.56. The van der Waals surface area contributed by atoms with Crippen molar-refractivity contribution in [2.75, 3.05) is 12.0 Å². The molecule has 0 saturated heterocycles. The number of aromatic nitrogens is 2. The molecule has 0 aliphatic carbocycles. The van der Waals surface area contributed by atoms with Crippen molar-refractivity contribution in [1.82, 2.24) is 9.97 Å². The second-order valence-electron chi connectivity index (χ2n) is 2.82. The first-order valence-corrected chi connectivity index (χ1v) is 6.40. The lowest BCUT2D eigenvalue weighted by atomic mass is 10.5. The second kappa shape index (κ2) is 2.89. The molecule has 0 atom stereocenters. The normalized spacial score (nSPS) is 12.1. The Hall–Kier alpha value is -1.21. The van der Waals surface area contributed by atoms with Crippen LogP contribution in [0.15, 0.2) is 17.2 Å². The molecule has 0 bridgehead atoms. The van der Waals surface area contributed by atoms with Crippen molar-refractivity contribution in [3.05, 3.63) is 12.3 Å².